The van der Waals surface area contributed by atoms with Gasteiger partial charge >= 0.3 is 0 Å². The molecule has 1 amide bonds. The molecule has 0 spiro atoms. The molecule has 1 aromatic rings. The van der Waals surface area contributed by atoms with Gasteiger partial charge < -0.3 is 10.6 Å². The topological polar surface area (TPSA) is 41.1 Å². The van der Waals surface area contributed by atoms with Crippen LogP contribution in [0.1, 0.15) is 39.2 Å². The van der Waals surface area contributed by atoms with E-state index < -0.39 is 0 Å². The molecule has 1 unspecified atom stereocenters. The average molecular weight is 248 g/mol. The molecule has 0 aliphatic carbocycles. The van der Waals surface area contributed by atoms with Crippen LogP contribution < -0.4 is 10.6 Å². The second-order valence-corrected chi connectivity index (χ2v) is 4.75. The number of aryl methyl sites for hydroxylation is 1. The maximum absolute atomic E-state index is 12.0. The zero-order chi connectivity index (χ0) is 13.5. The summed E-state index contributed by atoms with van der Waals surface area (Å²) >= 11 is 0. The second kappa shape index (κ2) is 7.04. The molecule has 100 valence electrons. The van der Waals surface area contributed by atoms with E-state index in [9.17, 15) is 4.79 Å². The van der Waals surface area contributed by atoms with Crippen molar-refractivity contribution >= 4 is 11.6 Å². The molecule has 1 atom stereocenters. The zero-order valence-corrected chi connectivity index (χ0v) is 11.8. The number of benzene rings is 1. The Kier molecular flexibility index (Phi) is 5.69. The number of amides is 1. The maximum Gasteiger partial charge on any atom is 0.242 e. The summed E-state index contributed by atoms with van der Waals surface area (Å²) in [5.41, 5.74) is 2.20. The molecule has 0 fully saturated rings. The van der Waals surface area contributed by atoms with E-state index in [1.165, 1.54) is 5.56 Å². The molecule has 0 saturated carbocycles. The van der Waals surface area contributed by atoms with Gasteiger partial charge in [0.25, 0.3) is 0 Å². The van der Waals surface area contributed by atoms with Gasteiger partial charge in [-0.15, -0.1) is 0 Å². The Labute approximate surface area is 110 Å². The van der Waals surface area contributed by atoms with Gasteiger partial charge in [0, 0.05) is 11.7 Å². The normalized spacial score (nSPS) is 12.3. The summed E-state index contributed by atoms with van der Waals surface area (Å²) in [6, 6.07) is 8.13. The van der Waals surface area contributed by atoms with Crippen molar-refractivity contribution < 1.29 is 4.79 Å². The SMILES string of the molecule is CCC(CC)NC(=O)C(C)Nc1ccc(C)cc1. The summed E-state index contributed by atoms with van der Waals surface area (Å²) in [7, 11) is 0. The molecule has 1 rings (SSSR count). The first kappa shape index (κ1) is 14.6. The van der Waals surface area contributed by atoms with E-state index in [0.717, 1.165) is 18.5 Å². The summed E-state index contributed by atoms with van der Waals surface area (Å²) in [5, 5.41) is 6.26. The molecule has 3 heteroatoms. The monoisotopic (exact) mass is 248 g/mol. The number of carbonyl (C=O) groups is 1. The van der Waals surface area contributed by atoms with Gasteiger partial charge in [0.1, 0.15) is 6.04 Å². The van der Waals surface area contributed by atoms with Crippen LogP contribution in [0.15, 0.2) is 24.3 Å². The summed E-state index contributed by atoms with van der Waals surface area (Å²) in [6.07, 6.45) is 1.94. The molecule has 0 heterocycles. The molecule has 18 heavy (non-hydrogen) atoms. The van der Waals surface area contributed by atoms with Gasteiger partial charge in [-0.05, 0) is 38.8 Å². The fourth-order valence-electron chi connectivity index (χ4n) is 1.78. The van der Waals surface area contributed by atoms with Crippen molar-refractivity contribution in [3.63, 3.8) is 0 Å². The first-order chi connectivity index (χ1) is 8.56. The maximum atomic E-state index is 12.0. The van der Waals surface area contributed by atoms with Gasteiger partial charge in [0.05, 0.1) is 0 Å². The Hall–Kier alpha value is -1.51. The predicted molar refractivity (Wildman–Crippen MR) is 76.8 cm³/mol. The first-order valence-corrected chi connectivity index (χ1v) is 6.70. The van der Waals surface area contributed by atoms with Crippen LogP contribution >= 0.6 is 0 Å². The van der Waals surface area contributed by atoms with Crippen LogP contribution in [0, 0.1) is 6.92 Å². The van der Waals surface area contributed by atoms with E-state index in [1.807, 2.05) is 38.1 Å². The molecule has 0 radical (unpaired) electrons. The molecule has 0 aromatic heterocycles. The average Bonchev–Trinajstić information content (AvgIpc) is 2.38. The van der Waals surface area contributed by atoms with Crippen molar-refractivity contribution in [2.75, 3.05) is 5.32 Å². The Morgan fingerprint density at radius 2 is 1.72 bits per heavy atom. The van der Waals surface area contributed by atoms with Crippen LogP contribution in [-0.4, -0.2) is 18.0 Å². The number of carbonyl (C=O) groups excluding carboxylic acids is 1. The minimum absolute atomic E-state index is 0.0595. The number of hydrogen-bond acceptors (Lipinski definition) is 2. The Balaban J connectivity index is 2.51. The number of hydrogen-bond donors (Lipinski definition) is 2. The van der Waals surface area contributed by atoms with Gasteiger partial charge in [-0.2, -0.15) is 0 Å². The largest absolute Gasteiger partial charge is 0.374 e. The van der Waals surface area contributed by atoms with Gasteiger partial charge in [0.15, 0.2) is 0 Å². The van der Waals surface area contributed by atoms with E-state index in [-0.39, 0.29) is 18.0 Å². The molecular weight excluding hydrogens is 224 g/mol. The quantitative estimate of drug-likeness (QED) is 0.812. The minimum Gasteiger partial charge on any atom is -0.374 e. The lowest BCUT2D eigenvalue weighted by molar-refractivity contribution is -0.122. The van der Waals surface area contributed by atoms with Crippen molar-refractivity contribution in [3.05, 3.63) is 29.8 Å². The lowest BCUT2D eigenvalue weighted by Crippen LogP contribution is -2.42. The minimum atomic E-state index is -0.215. The smallest absolute Gasteiger partial charge is 0.242 e. The molecule has 0 aliphatic rings. The summed E-state index contributed by atoms with van der Waals surface area (Å²) in [5.74, 6) is 0.0595. The molecular formula is C15H24N2O. The summed E-state index contributed by atoms with van der Waals surface area (Å²) in [4.78, 5) is 12.0. The highest BCUT2D eigenvalue weighted by Crippen LogP contribution is 2.10. The zero-order valence-electron chi connectivity index (χ0n) is 11.8. The van der Waals surface area contributed by atoms with Crippen molar-refractivity contribution in [1.29, 1.82) is 0 Å². The van der Waals surface area contributed by atoms with E-state index in [1.54, 1.807) is 0 Å². The number of nitrogens with one attached hydrogen (secondary N) is 2. The highest BCUT2D eigenvalue weighted by Gasteiger charge is 2.15. The van der Waals surface area contributed by atoms with Crippen molar-refractivity contribution in [3.8, 4) is 0 Å². The van der Waals surface area contributed by atoms with Gasteiger partial charge in [0.2, 0.25) is 5.91 Å². The van der Waals surface area contributed by atoms with E-state index in [2.05, 4.69) is 24.5 Å². The first-order valence-electron chi connectivity index (χ1n) is 6.70. The van der Waals surface area contributed by atoms with Crippen LogP contribution in [-0.2, 0) is 4.79 Å². The van der Waals surface area contributed by atoms with Crippen LogP contribution in [0.25, 0.3) is 0 Å². The molecule has 1 aromatic carbocycles. The lowest BCUT2D eigenvalue weighted by atomic mass is 10.1. The highest BCUT2D eigenvalue weighted by molar-refractivity contribution is 5.84. The third-order valence-electron chi connectivity index (χ3n) is 3.16. The molecule has 0 bridgehead atoms. The van der Waals surface area contributed by atoms with Crippen LogP contribution in [0.3, 0.4) is 0 Å². The van der Waals surface area contributed by atoms with Gasteiger partial charge in [-0.25, -0.2) is 0 Å². The van der Waals surface area contributed by atoms with Gasteiger partial charge in [-0.1, -0.05) is 31.5 Å². The van der Waals surface area contributed by atoms with Crippen molar-refractivity contribution in [2.24, 2.45) is 0 Å². The van der Waals surface area contributed by atoms with Crippen molar-refractivity contribution in [1.82, 2.24) is 5.32 Å². The standard InChI is InChI=1S/C15H24N2O/c1-5-13(6-2)17-15(18)12(4)16-14-9-7-11(3)8-10-14/h7-10,12-13,16H,5-6H2,1-4H3,(H,17,18). The van der Waals surface area contributed by atoms with Crippen molar-refractivity contribution in [2.45, 2.75) is 52.6 Å². The number of anilines is 1. The highest BCUT2D eigenvalue weighted by atomic mass is 16.2. The lowest BCUT2D eigenvalue weighted by Gasteiger charge is -2.20. The Morgan fingerprint density at radius 3 is 2.22 bits per heavy atom. The third kappa shape index (κ3) is 4.40. The second-order valence-electron chi connectivity index (χ2n) is 4.75. The number of rotatable bonds is 6. The Bertz CT molecular complexity index is 369. The summed E-state index contributed by atoms with van der Waals surface area (Å²) < 4.78 is 0. The molecule has 0 aliphatic heterocycles. The fraction of sp³-hybridized carbons (Fsp3) is 0.533. The van der Waals surface area contributed by atoms with Crippen LogP contribution in [0.5, 0.6) is 0 Å². The van der Waals surface area contributed by atoms with Crippen LogP contribution in [0.4, 0.5) is 5.69 Å². The fourth-order valence-corrected chi connectivity index (χ4v) is 1.78. The van der Waals surface area contributed by atoms with Gasteiger partial charge in [-0.3, -0.25) is 4.79 Å². The molecule has 3 nitrogen and oxygen atoms in total. The van der Waals surface area contributed by atoms with E-state index >= 15 is 0 Å². The molecule has 2 N–H and O–H groups in total. The van der Waals surface area contributed by atoms with E-state index in [4.69, 9.17) is 0 Å². The summed E-state index contributed by atoms with van der Waals surface area (Å²) in [6.45, 7) is 8.11. The van der Waals surface area contributed by atoms with E-state index in [0.29, 0.717) is 0 Å². The van der Waals surface area contributed by atoms with Crippen LogP contribution in [0.2, 0.25) is 0 Å². The Morgan fingerprint density at radius 1 is 1.17 bits per heavy atom. The molecule has 0 saturated heterocycles. The third-order valence-corrected chi connectivity index (χ3v) is 3.16. The predicted octanol–water partition coefficient (Wildman–Crippen LogP) is 3.10.